The monoisotopic (exact) mass is 272 g/mol. The van der Waals surface area contributed by atoms with Gasteiger partial charge in [-0.05, 0) is 34.1 Å². The van der Waals surface area contributed by atoms with Crippen molar-refractivity contribution in [1.29, 1.82) is 0 Å². The molecule has 0 radical (unpaired) electrons. The number of likely N-dealkylation sites (N-methyl/N-ethyl adjacent to an activating group) is 1. The molecule has 0 aromatic heterocycles. The number of methoxy groups -OCH3 is 1. The molecule has 4 nitrogen and oxygen atoms in total. The second-order valence-electron chi connectivity index (χ2n) is 2.88. The second-order valence-corrected chi connectivity index (χ2v) is 3.73. The Bertz CT molecular complexity index is 355. The van der Waals surface area contributed by atoms with Gasteiger partial charge in [0.05, 0.1) is 18.1 Å². The Morgan fingerprint density at radius 2 is 2.27 bits per heavy atom. The maximum Gasteiger partial charge on any atom is 0.239 e. The molecular weight excluding hydrogens is 260 g/mol. The van der Waals surface area contributed by atoms with Crippen LogP contribution in [0.25, 0.3) is 0 Å². The summed E-state index contributed by atoms with van der Waals surface area (Å²) in [5.74, 6) is 0.711. The van der Waals surface area contributed by atoms with E-state index in [-0.39, 0.29) is 12.5 Å². The van der Waals surface area contributed by atoms with Gasteiger partial charge in [-0.1, -0.05) is 0 Å². The summed E-state index contributed by atoms with van der Waals surface area (Å²) in [5, 5.41) is 5.52. The molecule has 1 rings (SSSR count). The summed E-state index contributed by atoms with van der Waals surface area (Å²) < 4.78 is 5.95. The van der Waals surface area contributed by atoms with Gasteiger partial charge in [-0.25, -0.2) is 0 Å². The number of rotatable bonds is 4. The van der Waals surface area contributed by atoms with E-state index in [9.17, 15) is 4.79 Å². The lowest BCUT2D eigenvalue weighted by molar-refractivity contribution is -0.118. The van der Waals surface area contributed by atoms with Gasteiger partial charge in [0, 0.05) is 12.7 Å². The highest BCUT2D eigenvalue weighted by Crippen LogP contribution is 2.27. The average molecular weight is 273 g/mol. The van der Waals surface area contributed by atoms with Gasteiger partial charge >= 0.3 is 0 Å². The lowest BCUT2D eigenvalue weighted by atomic mass is 10.3. The van der Waals surface area contributed by atoms with Crippen molar-refractivity contribution < 1.29 is 9.53 Å². The van der Waals surface area contributed by atoms with Crippen LogP contribution in [0.3, 0.4) is 0 Å². The number of amides is 1. The number of ether oxygens (including phenoxy) is 1. The van der Waals surface area contributed by atoms with E-state index in [1.165, 1.54) is 0 Å². The summed E-state index contributed by atoms with van der Waals surface area (Å²) in [4.78, 5) is 11.0. The fourth-order valence-electron chi connectivity index (χ4n) is 1.05. The van der Waals surface area contributed by atoms with E-state index in [2.05, 4.69) is 26.6 Å². The standard InChI is InChI=1S/C10H13BrN2O2/c1-12-10(14)6-13-7-3-4-9(15-2)8(11)5-7/h3-5,13H,6H2,1-2H3,(H,12,14). The first-order valence-corrected chi connectivity index (χ1v) is 5.24. The highest BCUT2D eigenvalue weighted by molar-refractivity contribution is 9.10. The zero-order chi connectivity index (χ0) is 11.3. The van der Waals surface area contributed by atoms with Crippen LogP contribution in [-0.4, -0.2) is 26.6 Å². The van der Waals surface area contributed by atoms with Crippen molar-refractivity contribution in [3.8, 4) is 5.75 Å². The molecule has 15 heavy (non-hydrogen) atoms. The predicted molar refractivity (Wildman–Crippen MR) is 63.3 cm³/mol. The number of nitrogens with one attached hydrogen (secondary N) is 2. The Labute approximate surface area is 97.1 Å². The number of anilines is 1. The maximum absolute atomic E-state index is 11.0. The zero-order valence-electron chi connectivity index (χ0n) is 8.63. The van der Waals surface area contributed by atoms with E-state index in [0.29, 0.717) is 0 Å². The quantitative estimate of drug-likeness (QED) is 0.876. The normalized spacial score (nSPS) is 9.53. The fraction of sp³-hybridized carbons (Fsp3) is 0.300. The van der Waals surface area contributed by atoms with E-state index < -0.39 is 0 Å². The minimum Gasteiger partial charge on any atom is -0.496 e. The molecule has 0 fully saturated rings. The van der Waals surface area contributed by atoms with Crippen LogP contribution >= 0.6 is 15.9 Å². The van der Waals surface area contributed by atoms with Gasteiger partial charge < -0.3 is 15.4 Å². The van der Waals surface area contributed by atoms with Crippen LogP contribution in [0, 0.1) is 0 Å². The van der Waals surface area contributed by atoms with Crippen LogP contribution in [0.15, 0.2) is 22.7 Å². The van der Waals surface area contributed by atoms with Crippen molar-refractivity contribution in [2.75, 3.05) is 26.0 Å². The third kappa shape index (κ3) is 3.43. The van der Waals surface area contributed by atoms with E-state index in [4.69, 9.17) is 4.74 Å². The van der Waals surface area contributed by atoms with E-state index in [1.807, 2.05) is 18.2 Å². The minimum absolute atomic E-state index is 0.0538. The predicted octanol–water partition coefficient (Wildman–Crippen LogP) is 1.62. The largest absolute Gasteiger partial charge is 0.496 e. The molecule has 0 atom stereocenters. The topological polar surface area (TPSA) is 50.4 Å². The molecule has 1 aromatic carbocycles. The third-order valence-electron chi connectivity index (χ3n) is 1.88. The fourth-order valence-corrected chi connectivity index (χ4v) is 1.59. The summed E-state index contributed by atoms with van der Waals surface area (Å²) in [6, 6.07) is 5.55. The lowest BCUT2D eigenvalue weighted by Crippen LogP contribution is -2.26. The van der Waals surface area contributed by atoms with Crippen molar-refractivity contribution in [2.24, 2.45) is 0 Å². The summed E-state index contributed by atoms with van der Waals surface area (Å²) in [6.07, 6.45) is 0. The molecule has 5 heteroatoms. The van der Waals surface area contributed by atoms with Gasteiger partial charge in [-0.2, -0.15) is 0 Å². The summed E-state index contributed by atoms with van der Waals surface area (Å²) in [6.45, 7) is 0.259. The first kappa shape index (κ1) is 11.8. The van der Waals surface area contributed by atoms with E-state index in [0.717, 1.165) is 15.9 Å². The smallest absolute Gasteiger partial charge is 0.239 e. The third-order valence-corrected chi connectivity index (χ3v) is 2.50. The molecule has 1 aromatic rings. The van der Waals surface area contributed by atoms with Crippen molar-refractivity contribution >= 4 is 27.5 Å². The Kier molecular flexibility index (Phi) is 4.42. The Morgan fingerprint density at radius 1 is 1.53 bits per heavy atom. The summed E-state index contributed by atoms with van der Waals surface area (Å²) in [5.41, 5.74) is 0.867. The van der Waals surface area contributed by atoms with Crippen LogP contribution in [0.2, 0.25) is 0 Å². The summed E-state index contributed by atoms with van der Waals surface area (Å²) in [7, 11) is 3.21. The second kappa shape index (κ2) is 5.60. The van der Waals surface area contributed by atoms with Gasteiger partial charge in [0.15, 0.2) is 0 Å². The highest BCUT2D eigenvalue weighted by atomic mass is 79.9. The molecule has 0 saturated carbocycles. The van der Waals surface area contributed by atoms with Crippen LogP contribution in [0.5, 0.6) is 5.75 Å². The molecule has 0 aliphatic carbocycles. The number of carbonyl (C=O) groups excluding carboxylic acids is 1. The minimum atomic E-state index is -0.0538. The molecule has 0 saturated heterocycles. The molecule has 0 aliphatic rings. The average Bonchev–Trinajstić information content (AvgIpc) is 2.26. The van der Waals surface area contributed by atoms with Gasteiger partial charge in [0.25, 0.3) is 0 Å². The molecule has 1 amide bonds. The molecule has 82 valence electrons. The van der Waals surface area contributed by atoms with Crippen molar-refractivity contribution in [1.82, 2.24) is 5.32 Å². The van der Waals surface area contributed by atoms with Gasteiger partial charge in [0.1, 0.15) is 5.75 Å². The molecule has 0 bridgehead atoms. The Balaban J connectivity index is 2.63. The van der Waals surface area contributed by atoms with Gasteiger partial charge in [0.2, 0.25) is 5.91 Å². The highest BCUT2D eigenvalue weighted by Gasteiger charge is 2.02. The lowest BCUT2D eigenvalue weighted by Gasteiger charge is -2.08. The zero-order valence-corrected chi connectivity index (χ0v) is 10.2. The van der Waals surface area contributed by atoms with E-state index in [1.54, 1.807) is 14.2 Å². The van der Waals surface area contributed by atoms with Crippen molar-refractivity contribution in [3.05, 3.63) is 22.7 Å². The number of hydrogen-bond acceptors (Lipinski definition) is 3. The van der Waals surface area contributed by atoms with Crippen LogP contribution in [-0.2, 0) is 4.79 Å². The first-order chi connectivity index (χ1) is 7.17. The molecule has 2 N–H and O–H groups in total. The SMILES string of the molecule is CNC(=O)CNc1ccc(OC)c(Br)c1. The number of hydrogen-bond donors (Lipinski definition) is 2. The van der Waals surface area contributed by atoms with Crippen LogP contribution in [0.4, 0.5) is 5.69 Å². The van der Waals surface area contributed by atoms with E-state index >= 15 is 0 Å². The number of benzene rings is 1. The van der Waals surface area contributed by atoms with Crippen molar-refractivity contribution in [3.63, 3.8) is 0 Å². The molecule has 0 spiro atoms. The van der Waals surface area contributed by atoms with Gasteiger partial charge in [-0.15, -0.1) is 0 Å². The van der Waals surface area contributed by atoms with Crippen LogP contribution in [0.1, 0.15) is 0 Å². The van der Waals surface area contributed by atoms with Crippen molar-refractivity contribution in [2.45, 2.75) is 0 Å². The Morgan fingerprint density at radius 3 is 2.80 bits per heavy atom. The molecule has 0 unspecified atom stereocenters. The number of halogens is 1. The van der Waals surface area contributed by atoms with Gasteiger partial charge in [-0.3, -0.25) is 4.79 Å². The summed E-state index contributed by atoms with van der Waals surface area (Å²) >= 11 is 3.37. The maximum atomic E-state index is 11.0. The van der Waals surface area contributed by atoms with Crippen LogP contribution < -0.4 is 15.4 Å². The first-order valence-electron chi connectivity index (χ1n) is 4.45. The number of carbonyl (C=O) groups is 1. The Hall–Kier alpha value is -1.23. The molecular formula is C10H13BrN2O2. The molecule has 0 heterocycles. The molecule has 0 aliphatic heterocycles.